The molecule has 0 aromatic heterocycles. The van der Waals surface area contributed by atoms with Crippen LogP contribution in [0, 0.1) is 6.92 Å². The van der Waals surface area contributed by atoms with Crippen LogP contribution < -0.4 is 0 Å². The Bertz CT molecular complexity index is 438. The summed E-state index contributed by atoms with van der Waals surface area (Å²) in [6, 6.07) is 10.7. The molecule has 127 valence electrons. The lowest BCUT2D eigenvalue weighted by Gasteiger charge is -2.34. The fraction of sp³-hybridized carbons (Fsp3) is 0.600. The number of benzene rings is 1. The molecule has 23 heavy (non-hydrogen) atoms. The maximum atomic E-state index is 12.0. The van der Waals surface area contributed by atoms with E-state index in [9.17, 15) is 4.79 Å². The van der Waals surface area contributed by atoms with Gasteiger partial charge in [-0.25, -0.2) is 0 Å². The molecule has 2 rings (SSSR count). The van der Waals surface area contributed by atoms with Gasteiger partial charge >= 0.3 is 0 Å². The summed E-state index contributed by atoms with van der Waals surface area (Å²) < 4.78 is 0. The molecule has 0 N–H and O–H groups in total. The largest absolute Gasteiger partial charge is 0.340 e. The average molecular weight is 315 g/mol. The second-order valence-electron chi connectivity index (χ2n) is 6.48. The molecule has 0 spiro atoms. The summed E-state index contributed by atoms with van der Waals surface area (Å²) in [6.45, 7) is 8.86. The number of rotatable bonds is 9. The molecule has 1 radical (unpaired) electrons. The molecule has 1 aromatic carbocycles. The van der Waals surface area contributed by atoms with Crippen LogP contribution in [-0.4, -0.2) is 48.4 Å². The van der Waals surface area contributed by atoms with Crippen molar-refractivity contribution in [2.75, 3.05) is 32.7 Å². The smallest absolute Gasteiger partial charge is 0.222 e. The van der Waals surface area contributed by atoms with Crippen LogP contribution in [0.2, 0.25) is 0 Å². The van der Waals surface area contributed by atoms with Crippen LogP contribution in [0.1, 0.15) is 44.1 Å². The Morgan fingerprint density at radius 1 is 0.957 bits per heavy atom. The van der Waals surface area contributed by atoms with Crippen molar-refractivity contribution in [1.29, 1.82) is 0 Å². The third kappa shape index (κ3) is 6.74. The van der Waals surface area contributed by atoms with Gasteiger partial charge in [0.1, 0.15) is 0 Å². The van der Waals surface area contributed by atoms with Gasteiger partial charge in [-0.2, -0.15) is 0 Å². The molecule has 1 heterocycles. The lowest BCUT2D eigenvalue weighted by molar-refractivity contribution is -0.133. The molecule has 1 fully saturated rings. The van der Waals surface area contributed by atoms with Crippen molar-refractivity contribution in [3.63, 3.8) is 0 Å². The average Bonchev–Trinajstić information content (AvgIpc) is 2.61. The van der Waals surface area contributed by atoms with Crippen molar-refractivity contribution in [2.24, 2.45) is 0 Å². The summed E-state index contributed by atoms with van der Waals surface area (Å²) in [5.74, 6) is 0.316. The topological polar surface area (TPSA) is 23.6 Å². The minimum absolute atomic E-state index is 0.316. The van der Waals surface area contributed by atoms with E-state index in [4.69, 9.17) is 0 Å². The molecule has 0 atom stereocenters. The zero-order valence-corrected chi connectivity index (χ0v) is 14.4. The molecule has 1 saturated heterocycles. The van der Waals surface area contributed by atoms with Crippen LogP contribution in [0.3, 0.4) is 0 Å². The van der Waals surface area contributed by atoms with E-state index in [1.165, 1.54) is 37.8 Å². The van der Waals surface area contributed by atoms with Crippen molar-refractivity contribution in [3.8, 4) is 0 Å². The van der Waals surface area contributed by atoms with E-state index < -0.39 is 0 Å². The maximum absolute atomic E-state index is 12.0. The minimum atomic E-state index is 0.316. The molecule has 3 nitrogen and oxygen atoms in total. The first-order valence-electron chi connectivity index (χ1n) is 9.13. The summed E-state index contributed by atoms with van der Waals surface area (Å²) in [7, 11) is 0. The Labute approximate surface area is 141 Å². The van der Waals surface area contributed by atoms with Gasteiger partial charge in [-0.15, -0.1) is 0 Å². The molecule has 1 aromatic rings. The van der Waals surface area contributed by atoms with Gasteiger partial charge in [0.2, 0.25) is 5.91 Å². The molecule has 0 aliphatic carbocycles. The summed E-state index contributed by atoms with van der Waals surface area (Å²) >= 11 is 0. The van der Waals surface area contributed by atoms with Crippen LogP contribution in [0.4, 0.5) is 0 Å². The fourth-order valence-electron chi connectivity index (χ4n) is 3.14. The standard InChI is InChI=1S/C20H31N2O/c1-2-3-13-20(23)22-17-15-21(16-18-22)14-9-5-8-12-19-10-6-4-7-11-19/h4,6-7,10-11H,1-3,5,8-9,12-18H2. The molecule has 3 heteroatoms. The molecule has 0 bridgehead atoms. The lowest BCUT2D eigenvalue weighted by atomic mass is 10.1. The number of carbonyl (C=O) groups is 1. The minimum Gasteiger partial charge on any atom is -0.340 e. The quantitative estimate of drug-likeness (QED) is 0.651. The highest BCUT2D eigenvalue weighted by Gasteiger charge is 2.19. The first-order valence-corrected chi connectivity index (χ1v) is 9.13. The SMILES string of the molecule is [CH2]CCCC(=O)N1CCN(CCCCCc2ccccc2)CC1. The van der Waals surface area contributed by atoms with Gasteiger partial charge < -0.3 is 4.90 Å². The highest BCUT2D eigenvalue weighted by Crippen LogP contribution is 2.09. The van der Waals surface area contributed by atoms with Gasteiger partial charge in [-0.1, -0.05) is 50.1 Å². The van der Waals surface area contributed by atoms with E-state index in [0.717, 1.165) is 39.0 Å². The summed E-state index contributed by atoms with van der Waals surface area (Å²) in [6.07, 6.45) is 7.46. The molecular formula is C20H31N2O. The van der Waals surface area contributed by atoms with Gasteiger partial charge in [0.05, 0.1) is 0 Å². The summed E-state index contributed by atoms with van der Waals surface area (Å²) in [5.41, 5.74) is 1.45. The second kappa shape index (κ2) is 10.4. The van der Waals surface area contributed by atoms with Crippen LogP contribution in [0.15, 0.2) is 30.3 Å². The van der Waals surface area contributed by atoms with Gasteiger partial charge in [-0.3, -0.25) is 9.69 Å². The highest BCUT2D eigenvalue weighted by molar-refractivity contribution is 5.76. The van der Waals surface area contributed by atoms with Crippen LogP contribution in [0.5, 0.6) is 0 Å². The predicted molar refractivity (Wildman–Crippen MR) is 96.2 cm³/mol. The number of nitrogens with zero attached hydrogens (tertiary/aromatic N) is 2. The van der Waals surface area contributed by atoms with Gasteiger partial charge in [0, 0.05) is 32.6 Å². The van der Waals surface area contributed by atoms with E-state index in [0.29, 0.717) is 12.3 Å². The van der Waals surface area contributed by atoms with E-state index >= 15 is 0 Å². The molecule has 0 unspecified atom stereocenters. The monoisotopic (exact) mass is 315 g/mol. The highest BCUT2D eigenvalue weighted by atomic mass is 16.2. The van der Waals surface area contributed by atoms with Crippen molar-refractivity contribution in [3.05, 3.63) is 42.8 Å². The van der Waals surface area contributed by atoms with E-state index in [1.54, 1.807) is 0 Å². The number of carbonyl (C=O) groups excluding carboxylic acids is 1. The Balaban J connectivity index is 1.52. The lowest BCUT2D eigenvalue weighted by Crippen LogP contribution is -2.48. The van der Waals surface area contributed by atoms with Crippen LogP contribution in [0.25, 0.3) is 0 Å². The van der Waals surface area contributed by atoms with Gasteiger partial charge in [0.25, 0.3) is 0 Å². The van der Waals surface area contributed by atoms with Gasteiger partial charge in [0.15, 0.2) is 0 Å². The van der Waals surface area contributed by atoms with Crippen LogP contribution in [-0.2, 0) is 11.2 Å². The van der Waals surface area contributed by atoms with Gasteiger partial charge in [-0.05, 0) is 37.8 Å². The number of hydrogen-bond donors (Lipinski definition) is 0. The molecule has 0 saturated carbocycles. The maximum Gasteiger partial charge on any atom is 0.222 e. The Morgan fingerprint density at radius 3 is 2.39 bits per heavy atom. The summed E-state index contributed by atoms with van der Waals surface area (Å²) in [5, 5.41) is 0. The number of aryl methyl sites for hydroxylation is 1. The van der Waals surface area contributed by atoms with E-state index in [-0.39, 0.29) is 0 Å². The fourth-order valence-corrected chi connectivity index (χ4v) is 3.14. The van der Waals surface area contributed by atoms with Crippen molar-refractivity contribution < 1.29 is 4.79 Å². The zero-order chi connectivity index (χ0) is 16.3. The van der Waals surface area contributed by atoms with Crippen molar-refractivity contribution in [1.82, 2.24) is 9.80 Å². The Morgan fingerprint density at radius 2 is 1.70 bits per heavy atom. The Kier molecular flexibility index (Phi) is 8.16. The third-order valence-electron chi connectivity index (χ3n) is 4.65. The molecular weight excluding hydrogens is 284 g/mol. The Hall–Kier alpha value is -1.35. The third-order valence-corrected chi connectivity index (χ3v) is 4.65. The number of piperazine rings is 1. The number of amides is 1. The summed E-state index contributed by atoms with van der Waals surface area (Å²) in [4.78, 5) is 16.5. The predicted octanol–water partition coefficient (Wildman–Crippen LogP) is 3.55. The number of unbranched alkanes of at least 4 members (excludes halogenated alkanes) is 3. The van der Waals surface area contributed by atoms with Crippen LogP contribution >= 0.6 is 0 Å². The first kappa shape index (κ1) is 18.0. The van der Waals surface area contributed by atoms with Crippen molar-refractivity contribution in [2.45, 2.75) is 44.9 Å². The normalized spacial score (nSPS) is 15.8. The zero-order valence-electron chi connectivity index (χ0n) is 14.4. The molecule has 1 amide bonds. The molecule has 1 aliphatic heterocycles. The van der Waals surface area contributed by atoms with E-state index in [2.05, 4.69) is 42.2 Å². The second-order valence-corrected chi connectivity index (χ2v) is 6.48. The molecule has 1 aliphatic rings. The van der Waals surface area contributed by atoms with Crippen molar-refractivity contribution >= 4 is 5.91 Å². The number of hydrogen-bond acceptors (Lipinski definition) is 2. The van der Waals surface area contributed by atoms with E-state index in [1.807, 2.05) is 4.90 Å². The first-order chi connectivity index (χ1) is 11.3.